The number of carbonyl (C=O) groups excluding carboxylic acids is 1. The van der Waals surface area contributed by atoms with E-state index >= 15 is 0 Å². The molecule has 1 aliphatic heterocycles. The number of pyridine rings is 1. The Labute approximate surface area is 178 Å². The minimum Gasteiger partial charge on any atom is -0.352 e. The Morgan fingerprint density at radius 3 is 3.03 bits per heavy atom. The lowest BCUT2D eigenvalue weighted by Crippen LogP contribution is -2.45. The highest BCUT2D eigenvalue weighted by Gasteiger charge is 2.34. The van der Waals surface area contributed by atoms with Crippen LogP contribution in [0.2, 0.25) is 0 Å². The van der Waals surface area contributed by atoms with Gasteiger partial charge >= 0.3 is 0 Å². The van der Waals surface area contributed by atoms with Gasteiger partial charge in [0.25, 0.3) is 10.0 Å². The van der Waals surface area contributed by atoms with Gasteiger partial charge < -0.3 is 9.84 Å². The van der Waals surface area contributed by atoms with Gasteiger partial charge in [-0.3, -0.25) is 9.78 Å². The fraction of sp³-hybridized carbons (Fsp3) is 0.368. The van der Waals surface area contributed by atoms with Crippen molar-refractivity contribution in [2.75, 3.05) is 13.1 Å². The first-order valence-corrected chi connectivity index (χ1v) is 11.8. The van der Waals surface area contributed by atoms with Crippen LogP contribution in [-0.2, 0) is 21.4 Å². The normalized spacial score (nSPS) is 17.7. The van der Waals surface area contributed by atoms with Gasteiger partial charge in [-0.25, -0.2) is 8.42 Å². The molecule has 30 heavy (non-hydrogen) atoms. The number of amides is 1. The Bertz CT molecular complexity index is 1130. The summed E-state index contributed by atoms with van der Waals surface area (Å²) in [6, 6.07) is 5.24. The predicted molar refractivity (Wildman–Crippen MR) is 110 cm³/mol. The summed E-state index contributed by atoms with van der Waals surface area (Å²) in [5.41, 5.74) is 1.49. The molecule has 0 bridgehead atoms. The number of thiophene rings is 1. The number of carbonyl (C=O) groups is 1. The van der Waals surface area contributed by atoms with E-state index in [4.69, 9.17) is 4.52 Å². The maximum Gasteiger partial charge on any atom is 0.252 e. The first-order chi connectivity index (χ1) is 14.4. The summed E-state index contributed by atoms with van der Waals surface area (Å²) in [6.45, 7) is 2.60. The molecular formula is C19H21N5O4S2. The van der Waals surface area contributed by atoms with E-state index in [0.717, 1.165) is 16.9 Å². The van der Waals surface area contributed by atoms with Crippen molar-refractivity contribution in [1.29, 1.82) is 0 Å². The van der Waals surface area contributed by atoms with E-state index in [1.165, 1.54) is 4.31 Å². The van der Waals surface area contributed by atoms with Crippen LogP contribution in [0.3, 0.4) is 0 Å². The lowest BCUT2D eigenvalue weighted by molar-refractivity contribution is -0.126. The zero-order chi connectivity index (χ0) is 21.1. The van der Waals surface area contributed by atoms with E-state index < -0.39 is 10.0 Å². The van der Waals surface area contributed by atoms with Crippen molar-refractivity contribution in [3.8, 4) is 11.4 Å². The molecule has 1 saturated heterocycles. The second-order valence-corrected chi connectivity index (χ2v) is 10.1. The number of aromatic nitrogens is 3. The maximum atomic E-state index is 13.1. The topological polar surface area (TPSA) is 118 Å². The molecule has 0 radical (unpaired) electrons. The van der Waals surface area contributed by atoms with Crippen molar-refractivity contribution in [3.05, 3.63) is 47.4 Å². The van der Waals surface area contributed by atoms with Gasteiger partial charge in [0.15, 0.2) is 0 Å². The Morgan fingerprint density at radius 2 is 2.30 bits per heavy atom. The average molecular weight is 448 g/mol. The second kappa shape index (κ2) is 8.62. The van der Waals surface area contributed by atoms with Gasteiger partial charge in [0.1, 0.15) is 4.21 Å². The summed E-state index contributed by atoms with van der Waals surface area (Å²) in [5.74, 6) is 0.241. The molecule has 4 heterocycles. The number of sulfonamides is 1. The number of nitrogens with zero attached hydrogens (tertiary/aromatic N) is 4. The minimum atomic E-state index is -3.70. The lowest BCUT2D eigenvalue weighted by atomic mass is 9.99. The molecule has 0 spiro atoms. The van der Waals surface area contributed by atoms with Gasteiger partial charge in [-0.05, 0) is 30.5 Å². The fourth-order valence-corrected chi connectivity index (χ4v) is 6.16. The van der Waals surface area contributed by atoms with Crippen LogP contribution in [0.4, 0.5) is 0 Å². The van der Waals surface area contributed by atoms with Crippen molar-refractivity contribution >= 4 is 27.3 Å². The lowest BCUT2D eigenvalue weighted by Gasteiger charge is -2.30. The van der Waals surface area contributed by atoms with Gasteiger partial charge in [-0.15, -0.1) is 11.3 Å². The molecule has 0 aromatic carbocycles. The molecule has 3 aromatic rings. The maximum absolute atomic E-state index is 13.1. The number of aryl methyl sites for hydroxylation is 1. The third kappa shape index (κ3) is 4.42. The molecular weight excluding hydrogens is 426 g/mol. The summed E-state index contributed by atoms with van der Waals surface area (Å²) in [5, 5.41) is 8.41. The fourth-order valence-electron chi connectivity index (χ4n) is 3.32. The Morgan fingerprint density at radius 1 is 1.43 bits per heavy atom. The molecule has 158 valence electrons. The summed E-state index contributed by atoms with van der Waals surface area (Å²) in [7, 11) is -3.70. The van der Waals surface area contributed by atoms with E-state index in [1.807, 2.05) is 12.1 Å². The smallest absolute Gasteiger partial charge is 0.252 e. The van der Waals surface area contributed by atoms with Gasteiger partial charge in [0, 0.05) is 49.9 Å². The van der Waals surface area contributed by atoms with Crippen molar-refractivity contribution in [2.24, 2.45) is 5.92 Å². The highest BCUT2D eigenvalue weighted by molar-refractivity contribution is 7.91. The molecule has 0 aliphatic carbocycles. The van der Waals surface area contributed by atoms with Crippen LogP contribution in [0.5, 0.6) is 0 Å². The molecule has 1 fully saturated rings. The van der Waals surface area contributed by atoms with Gasteiger partial charge in [-0.1, -0.05) is 11.2 Å². The standard InChI is InChI=1S/C19H21N5O4S2/c1-13-22-18(23-28-13)16-8-17(29-12-16)30(26,27)24-7-3-5-15(11-24)19(25)21-10-14-4-2-6-20-9-14/h2,4,6,8-9,12,15H,3,5,7,10-11H2,1H3,(H,21,25). The SMILES string of the molecule is Cc1nc(-c2csc(S(=O)(=O)N3CCCC(C(=O)NCc4cccnc4)C3)c2)no1. The third-order valence-corrected chi connectivity index (χ3v) is 8.18. The molecule has 1 aliphatic rings. The van der Waals surface area contributed by atoms with Crippen LogP contribution in [0.15, 0.2) is 44.7 Å². The van der Waals surface area contributed by atoms with Gasteiger partial charge in [0.05, 0.1) is 5.92 Å². The monoisotopic (exact) mass is 447 g/mol. The van der Waals surface area contributed by atoms with Gasteiger partial charge in [0.2, 0.25) is 17.6 Å². The summed E-state index contributed by atoms with van der Waals surface area (Å²) >= 11 is 1.11. The minimum absolute atomic E-state index is 0.145. The summed E-state index contributed by atoms with van der Waals surface area (Å²) in [4.78, 5) is 20.8. The van der Waals surface area contributed by atoms with Gasteiger partial charge in [-0.2, -0.15) is 9.29 Å². The van der Waals surface area contributed by atoms with E-state index in [0.29, 0.717) is 43.2 Å². The molecule has 0 saturated carbocycles. The van der Waals surface area contributed by atoms with Crippen LogP contribution in [-0.4, -0.2) is 46.8 Å². The summed E-state index contributed by atoms with van der Waals surface area (Å²) < 4.78 is 32.8. The third-order valence-electron chi connectivity index (χ3n) is 4.90. The molecule has 3 aromatic heterocycles. The van der Waals surface area contributed by atoms with Crippen LogP contribution >= 0.6 is 11.3 Å². The van der Waals surface area contributed by atoms with Crippen LogP contribution in [0.1, 0.15) is 24.3 Å². The Kier molecular flexibility index (Phi) is 5.93. The van der Waals surface area contributed by atoms with Crippen LogP contribution in [0.25, 0.3) is 11.4 Å². The number of nitrogens with one attached hydrogen (secondary N) is 1. The molecule has 9 nitrogen and oxygen atoms in total. The highest BCUT2D eigenvalue weighted by Crippen LogP contribution is 2.31. The van der Waals surface area contributed by atoms with E-state index in [1.54, 1.807) is 30.8 Å². The van der Waals surface area contributed by atoms with E-state index in [9.17, 15) is 13.2 Å². The Balaban J connectivity index is 1.43. The quantitative estimate of drug-likeness (QED) is 0.615. The molecule has 1 N–H and O–H groups in total. The molecule has 1 atom stereocenters. The average Bonchev–Trinajstić information content (AvgIpc) is 3.42. The van der Waals surface area contributed by atoms with Crippen molar-refractivity contribution in [1.82, 2.24) is 24.7 Å². The molecule has 11 heteroatoms. The van der Waals surface area contributed by atoms with E-state index in [-0.39, 0.29) is 22.6 Å². The second-order valence-electron chi connectivity index (χ2n) is 7.07. The van der Waals surface area contributed by atoms with Crippen molar-refractivity contribution in [2.45, 2.75) is 30.5 Å². The largest absolute Gasteiger partial charge is 0.352 e. The number of piperidine rings is 1. The number of rotatable bonds is 6. The zero-order valence-corrected chi connectivity index (χ0v) is 17.9. The number of hydrogen-bond donors (Lipinski definition) is 1. The summed E-state index contributed by atoms with van der Waals surface area (Å²) in [6.07, 6.45) is 4.65. The Hall–Kier alpha value is -2.63. The molecule has 1 amide bonds. The van der Waals surface area contributed by atoms with Crippen molar-refractivity contribution in [3.63, 3.8) is 0 Å². The zero-order valence-electron chi connectivity index (χ0n) is 16.3. The molecule has 1 unspecified atom stereocenters. The first kappa shape index (κ1) is 20.6. The first-order valence-electron chi connectivity index (χ1n) is 9.49. The van der Waals surface area contributed by atoms with Crippen molar-refractivity contribution < 1.29 is 17.7 Å². The number of hydrogen-bond acceptors (Lipinski definition) is 8. The van der Waals surface area contributed by atoms with Crippen LogP contribution in [0, 0.1) is 12.8 Å². The van der Waals surface area contributed by atoms with E-state index in [2.05, 4.69) is 20.4 Å². The highest BCUT2D eigenvalue weighted by atomic mass is 32.2. The molecule has 4 rings (SSSR count). The van der Waals surface area contributed by atoms with Crippen LogP contribution < -0.4 is 5.32 Å². The predicted octanol–water partition coefficient (Wildman–Crippen LogP) is 2.22.